The highest BCUT2D eigenvalue weighted by Crippen LogP contribution is 2.31. The van der Waals surface area contributed by atoms with Crippen molar-refractivity contribution < 1.29 is 9.53 Å². The van der Waals surface area contributed by atoms with Gasteiger partial charge in [-0.3, -0.25) is 9.69 Å². The Balaban J connectivity index is 1.54. The van der Waals surface area contributed by atoms with E-state index in [1.807, 2.05) is 11.8 Å². The van der Waals surface area contributed by atoms with Gasteiger partial charge in [-0.15, -0.1) is 0 Å². The molecule has 0 bridgehead atoms. The van der Waals surface area contributed by atoms with Gasteiger partial charge in [0, 0.05) is 38.9 Å². The highest BCUT2D eigenvalue weighted by Gasteiger charge is 2.36. The summed E-state index contributed by atoms with van der Waals surface area (Å²) in [4.78, 5) is 17.4. The number of nitrogens with zero attached hydrogens (tertiary/aromatic N) is 3. The number of amides is 1. The number of piperidine rings is 2. The second-order valence-electron chi connectivity index (χ2n) is 7.68. The molecule has 128 valence electrons. The zero-order valence-electron chi connectivity index (χ0n) is 14.3. The second kappa shape index (κ2) is 7.19. The van der Waals surface area contributed by atoms with E-state index in [4.69, 9.17) is 4.74 Å². The summed E-state index contributed by atoms with van der Waals surface area (Å²) in [5.41, 5.74) is -0.239. The van der Waals surface area contributed by atoms with Gasteiger partial charge >= 0.3 is 0 Å². The summed E-state index contributed by atoms with van der Waals surface area (Å²) in [5.74, 6) is 0.472. The van der Waals surface area contributed by atoms with Crippen LogP contribution in [0.4, 0.5) is 0 Å². The van der Waals surface area contributed by atoms with E-state index in [2.05, 4.69) is 11.0 Å². The van der Waals surface area contributed by atoms with Crippen molar-refractivity contribution in [1.29, 1.82) is 5.26 Å². The topological polar surface area (TPSA) is 56.6 Å². The first-order chi connectivity index (χ1) is 11.1. The first-order valence-corrected chi connectivity index (χ1v) is 9.13. The van der Waals surface area contributed by atoms with Crippen LogP contribution in [0.5, 0.6) is 0 Å². The molecule has 0 aromatic carbocycles. The summed E-state index contributed by atoms with van der Waals surface area (Å²) in [6.07, 6.45) is 5.97. The van der Waals surface area contributed by atoms with E-state index in [-0.39, 0.29) is 11.3 Å². The summed E-state index contributed by atoms with van der Waals surface area (Å²) < 4.78 is 5.46. The highest BCUT2D eigenvalue weighted by molar-refractivity contribution is 5.79. The van der Waals surface area contributed by atoms with E-state index in [1.54, 1.807) is 0 Å². The van der Waals surface area contributed by atoms with Crippen molar-refractivity contribution in [3.8, 4) is 6.07 Å². The molecule has 5 heteroatoms. The minimum atomic E-state index is -0.239. The van der Waals surface area contributed by atoms with Gasteiger partial charge in [0.15, 0.2) is 0 Å². The van der Waals surface area contributed by atoms with Crippen molar-refractivity contribution in [3.05, 3.63) is 0 Å². The Morgan fingerprint density at radius 3 is 2.52 bits per heavy atom. The molecule has 3 fully saturated rings. The number of hydrogen-bond acceptors (Lipinski definition) is 4. The molecule has 0 saturated carbocycles. The lowest BCUT2D eigenvalue weighted by atomic mass is 9.81. The minimum absolute atomic E-state index is 0.151. The molecule has 0 radical (unpaired) electrons. The summed E-state index contributed by atoms with van der Waals surface area (Å²) in [7, 11) is 0. The number of ether oxygens (including phenoxy) is 1. The van der Waals surface area contributed by atoms with Crippen LogP contribution in [0.25, 0.3) is 0 Å². The van der Waals surface area contributed by atoms with Crippen LogP contribution in [0.3, 0.4) is 0 Å². The molecule has 0 unspecified atom stereocenters. The second-order valence-corrected chi connectivity index (χ2v) is 7.68. The van der Waals surface area contributed by atoms with E-state index in [0.29, 0.717) is 11.9 Å². The van der Waals surface area contributed by atoms with E-state index < -0.39 is 0 Å². The third-order valence-electron chi connectivity index (χ3n) is 5.96. The molecule has 0 N–H and O–H groups in total. The average molecular weight is 319 g/mol. The predicted octanol–water partition coefficient (Wildman–Crippen LogP) is 2.03. The number of carbonyl (C=O) groups is 1. The Morgan fingerprint density at radius 1 is 1.17 bits per heavy atom. The van der Waals surface area contributed by atoms with Gasteiger partial charge in [-0.2, -0.15) is 5.26 Å². The van der Waals surface area contributed by atoms with Gasteiger partial charge in [0.1, 0.15) is 0 Å². The van der Waals surface area contributed by atoms with Crippen LogP contribution >= 0.6 is 0 Å². The van der Waals surface area contributed by atoms with Gasteiger partial charge in [0.2, 0.25) is 5.91 Å². The molecule has 1 amide bonds. The molecule has 0 spiro atoms. The molecule has 3 saturated heterocycles. The Kier molecular flexibility index (Phi) is 5.23. The zero-order chi connectivity index (χ0) is 16.3. The van der Waals surface area contributed by atoms with Crippen molar-refractivity contribution in [2.24, 2.45) is 11.3 Å². The molecule has 0 aromatic heterocycles. The number of carbonyl (C=O) groups excluding carboxylic acids is 1. The monoisotopic (exact) mass is 319 g/mol. The van der Waals surface area contributed by atoms with Crippen LogP contribution in [0.15, 0.2) is 0 Å². The van der Waals surface area contributed by atoms with Gasteiger partial charge in [-0.05, 0) is 52.0 Å². The van der Waals surface area contributed by atoms with Gasteiger partial charge < -0.3 is 9.64 Å². The fourth-order valence-electron chi connectivity index (χ4n) is 4.18. The van der Waals surface area contributed by atoms with Crippen LogP contribution in [-0.4, -0.2) is 61.1 Å². The number of nitriles is 1. The fraction of sp³-hybridized carbons (Fsp3) is 0.889. The first-order valence-electron chi connectivity index (χ1n) is 9.13. The van der Waals surface area contributed by atoms with Crippen LogP contribution in [0.1, 0.15) is 45.4 Å². The maximum absolute atomic E-state index is 12.9. The van der Waals surface area contributed by atoms with Crippen LogP contribution < -0.4 is 0 Å². The molecule has 23 heavy (non-hydrogen) atoms. The maximum atomic E-state index is 12.9. The van der Waals surface area contributed by atoms with E-state index in [9.17, 15) is 10.1 Å². The summed E-state index contributed by atoms with van der Waals surface area (Å²) in [6.45, 7) is 7.27. The van der Waals surface area contributed by atoms with E-state index in [1.165, 1.54) is 0 Å². The molecule has 5 nitrogen and oxygen atoms in total. The molecule has 3 rings (SSSR count). The summed E-state index contributed by atoms with van der Waals surface area (Å²) in [6, 6.07) is 3.01. The Hall–Kier alpha value is -1.12. The lowest BCUT2D eigenvalue weighted by Crippen LogP contribution is -2.51. The summed E-state index contributed by atoms with van der Waals surface area (Å²) >= 11 is 0. The fourth-order valence-corrected chi connectivity index (χ4v) is 4.18. The average Bonchev–Trinajstić information content (AvgIpc) is 2.63. The SMILES string of the molecule is CC1(C#N)CCN(C(=O)[C@@H]2CCCN(C3CCOCC3)C2)CC1. The molecular weight excluding hydrogens is 290 g/mol. The molecule has 0 aliphatic carbocycles. The molecule has 3 aliphatic heterocycles. The van der Waals surface area contributed by atoms with Crippen molar-refractivity contribution in [2.45, 2.75) is 51.5 Å². The molecule has 3 aliphatic rings. The van der Waals surface area contributed by atoms with Crippen LogP contribution in [0.2, 0.25) is 0 Å². The Morgan fingerprint density at radius 2 is 1.87 bits per heavy atom. The van der Waals surface area contributed by atoms with Gasteiger partial charge in [0.25, 0.3) is 0 Å². The van der Waals surface area contributed by atoms with Crippen LogP contribution in [-0.2, 0) is 9.53 Å². The Bertz CT molecular complexity index is 459. The third-order valence-corrected chi connectivity index (χ3v) is 5.96. The number of rotatable bonds is 2. The largest absolute Gasteiger partial charge is 0.381 e. The number of hydrogen-bond donors (Lipinski definition) is 0. The molecule has 3 heterocycles. The third kappa shape index (κ3) is 3.87. The zero-order valence-corrected chi connectivity index (χ0v) is 14.3. The molecule has 0 aromatic rings. The smallest absolute Gasteiger partial charge is 0.226 e. The predicted molar refractivity (Wildman–Crippen MR) is 87.7 cm³/mol. The van der Waals surface area contributed by atoms with Crippen molar-refractivity contribution >= 4 is 5.91 Å². The lowest BCUT2D eigenvalue weighted by molar-refractivity contribution is -0.139. The normalized spacial score (nSPS) is 29.9. The van der Waals surface area contributed by atoms with Crippen molar-refractivity contribution in [1.82, 2.24) is 9.80 Å². The maximum Gasteiger partial charge on any atom is 0.226 e. The quantitative estimate of drug-likeness (QED) is 0.781. The summed E-state index contributed by atoms with van der Waals surface area (Å²) in [5, 5.41) is 9.23. The Labute approximate surface area is 139 Å². The lowest BCUT2D eigenvalue weighted by Gasteiger charge is -2.42. The van der Waals surface area contributed by atoms with E-state index in [0.717, 1.165) is 77.9 Å². The molecular formula is C18H29N3O2. The minimum Gasteiger partial charge on any atom is -0.381 e. The van der Waals surface area contributed by atoms with Crippen LogP contribution in [0, 0.1) is 22.7 Å². The van der Waals surface area contributed by atoms with Crippen molar-refractivity contribution in [3.63, 3.8) is 0 Å². The standard InChI is InChI=1S/C18H29N3O2/c1-18(14-19)6-9-20(10-7-18)17(22)15-3-2-8-21(13-15)16-4-11-23-12-5-16/h15-16H,2-13H2,1H3/t15-/m1/s1. The number of likely N-dealkylation sites (tertiary alicyclic amines) is 2. The van der Waals surface area contributed by atoms with Gasteiger partial charge in [-0.25, -0.2) is 0 Å². The van der Waals surface area contributed by atoms with E-state index >= 15 is 0 Å². The molecule has 1 atom stereocenters. The van der Waals surface area contributed by atoms with Gasteiger partial charge in [-0.1, -0.05) is 0 Å². The first kappa shape index (κ1) is 16.7. The highest BCUT2D eigenvalue weighted by atomic mass is 16.5. The van der Waals surface area contributed by atoms with Crippen molar-refractivity contribution in [2.75, 3.05) is 39.4 Å². The van der Waals surface area contributed by atoms with Gasteiger partial charge in [0.05, 0.1) is 17.4 Å².